The van der Waals surface area contributed by atoms with Gasteiger partial charge in [-0.3, -0.25) is 4.79 Å². The standard InChI is InChI=1S/C14H17FN2O2S/c15-9-5-4-6-10-11(9)12(16)13(20-10)14(19)17-7-2-1-3-8-18/h4-6,18H,1-3,7-8,16H2,(H,17,19). The number of amides is 1. The molecule has 0 bridgehead atoms. The maximum atomic E-state index is 13.7. The van der Waals surface area contributed by atoms with Gasteiger partial charge in [-0.25, -0.2) is 4.39 Å². The Balaban J connectivity index is 2.07. The first kappa shape index (κ1) is 14.7. The Morgan fingerprint density at radius 1 is 1.35 bits per heavy atom. The Morgan fingerprint density at radius 3 is 2.85 bits per heavy atom. The molecule has 108 valence electrons. The number of thiophene rings is 1. The molecule has 2 rings (SSSR count). The lowest BCUT2D eigenvalue weighted by atomic mass is 10.2. The number of hydrogen-bond donors (Lipinski definition) is 3. The zero-order valence-electron chi connectivity index (χ0n) is 11.0. The molecule has 2 aromatic rings. The molecule has 20 heavy (non-hydrogen) atoms. The number of nitrogens with two attached hydrogens (primary N) is 1. The number of carbonyl (C=O) groups is 1. The van der Waals surface area contributed by atoms with Crippen molar-refractivity contribution in [3.05, 3.63) is 28.9 Å². The Hall–Kier alpha value is -1.66. The highest BCUT2D eigenvalue weighted by molar-refractivity contribution is 7.21. The third kappa shape index (κ3) is 3.08. The lowest BCUT2D eigenvalue weighted by Gasteiger charge is -2.03. The molecule has 0 aliphatic heterocycles. The van der Waals surface area contributed by atoms with Gasteiger partial charge in [-0.05, 0) is 31.4 Å². The average Bonchev–Trinajstić information content (AvgIpc) is 2.77. The first-order chi connectivity index (χ1) is 9.65. The van der Waals surface area contributed by atoms with Crippen molar-refractivity contribution >= 4 is 33.0 Å². The van der Waals surface area contributed by atoms with Crippen molar-refractivity contribution in [1.82, 2.24) is 5.32 Å². The fraction of sp³-hybridized carbons (Fsp3) is 0.357. The SMILES string of the molecule is Nc1c(C(=O)NCCCCCO)sc2cccc(F)c12. The lowest BCUT2D eigenvalue weighted by molar-refractivity contribution is 0.0958. The molecule has 4 N–H and O–H groups in total. The summed E-state index contributed by atoms with van der Waals surface area (Å²) >= 11 is 1.20. The lowest BCUT2D eigenvalue weighted by Crippen LogP contribution is -2.24. The van der Waals surface area contributed by atoms with E-state index in [-0.39, 0.29) is 18.2 Å². The highest BCUT2D eigenvalue weighted by atomic mass is 32.1. The largest absolute Gasteiger partial charge is 0.397 e. The van der Waals surface area contributed by atoms with Gasteiger partial charge in [0.2, 0.25) is 0 Å². The molecule has 0 saturated heterocycles. The summed E-state index contributed by atoms with van der Waals surface area (Å²) in [4.78, 5) is 12.4. The minimum Gasteiger partial charge on any atom is -0.397 e. The summed E-state index contributed by atoms with van der Waals surface area (Å²) in [5.74, 6) is -0.676. The van der Waals surface area contributed by atoms with Crippen LogP contribution in [0.2, 0.25) is 0 Å². The number of fused-ring (bicyclic) bond motifs is 1. The fourth-order valence-electron chi connectivity index (χ4n) is 1.99. The van der Waals surface area contributed by atoms with Crippen LogP contribution in [-0.2, 0) is 0 Å². The topological polar surface area (TPSA) is 75.4 Å². The molecular weight excluding hydrogens is 279 g/mol. The molecule has 1 aromatic carbocycles. The molecule has 0 saturated carbocycles. The molecule has 0 aliphatic carbocycles. The minimum atomic E-state index is -0.404. The summed E-state index contributed by atoms with van der Waals surface area (Å²) in [6.45, 7) is 0.686. The normalized spacial score (nSPS) is 10.9. The molecular formula is C14H17FN2O2S. The summed E-state index contributed by atoms with van der Waals surface area (Å²) in [6.07, 6.45) is 2.38. The van der Waals surface area contributed by atoms with E-state index in [1.807, 2.05) is 0 Å². The van der Waals surface area contributed by atoms with E-state index in [9.17, 15) is 9.18 Å². The maximum Gasteiger partial charge on any atom is 0.263 e. The van der Waals surface area contributed by atoms with Crippen molar-refractivity contribution in [1.29, 1.82) is 0 Å². The van der Waals surface area contributed by atoms with Crippen LogP contribution in [0.5, 0.6) is 0 Å². The summed E-state index contributed by atoms with van der Waals surface area (Å²) in [6, 6.07) is 4.68. The molecule has 6 heteroatoms. The second-order valence-electron chi connectivity index (χ2n) is 4.50. The molecule has 0 aliphatic rings. The number of unbranched alkanes of at least 4 members (excludes halogenated alkanes) is 2. The zero-order chi connectivity index (χ0) is 14.5. The van der Waals surface area contributed by atoms with E-state index in [0.717, 1.165) is 19.3 Å². The number of halogens is 1. The van der Waals surface area contributed by atoms with Crippen molar-refractivity contribution < 1.29 is 14.3 Å². The first-order valence-corrected chi connectivity index (χ1v) is 7.32. The van der Waals surface area contributed by atoms with Crippen LogP contribution in [0.25, 0.3) is 10.1 Å². The Morgan fingerprint density at radius 2 is 2.15 bits per heavy atom. The fourth-order valence-corrected chi connectivity index (χ4v) is 3.05. The minimum absolute atomic E-state index is 0.163. The van der Waals surface area contributed by atoms with Crippen molar-refractivity contribution in [2.75, 3.05) is 18.9 Å². The summed E-state index contributed by atoms with van der Waals surface area (Å²) in [5.41, 5.74) is 6.07. The zero-order valence-corrected chi connectivity index (χ0v) is 11.8. The summed E-state index contributed by atoms with van der Waals surface area (Å²) in [5, 5.41) is 11.7. The summed E-state index contributed by atoms with van der Waals surface area (Å²) in [7, 11) is 0. The number of carbonyl (C=O) groups excluding carboxylic acids is 1. The average molecular weight is 296 g/mol. The van der Waals surface area contributed by atoms with Crippen LogP contribution in [0.3, 0.4) is 0 Å². The predicted molar refractivity (Wildman–Crippen MR) is 79.5 cm³/mol. The van der Waals surface area contributed by atoms with E-state index < -0.39 is 5.82 Å². The van der Waals surface area contributed by atoms with E-state index in [2.05, 4.69) is 5.32 Å². The molecule has 1 heterocycles. The molecule has 0 radical (unpaired) electrons. The number of nitrogen functional groups attached to an aromatic ring is 1. The quantitative estimate of drug-likeness (QED) is 0.717. The van der Waals surface area contributed by atoms with Crippen LogP contribution in [0, 0.1) is 5.82 Å². The monoisotopic (exact) mass is 296 g/mol. The number of benzene rings is 1. The van der Waals surface area contributed by atoms with Gasteiger partial charge in [0, 0.05) is 17.9 Å². The van der Waals surface area contributed by atoms with E-state index in [1.165, 1.54) is 17.4 Å². The van der Waals surface area contributed by atoms with Gasteiger partial charge >= 0.3 is 0 Å². The molecule has 0 unspecified atom stereocenters. The van der Waals surface area contributed by atoms with Crippen molar-refractivity contribution in [2.24, 2.45) is 0 Å². The second-order valence-corrected chi connectivity index (χ2v) is 5.55. The van der Waals surface area contributed by atoms with E-state index in [4.69, 9.17) is 10.8 Å². The van der Waals surface area contributed by atoms with Gasteiger partial charge in [0.15, 0.2) is 0 Å². The van der Waals surface area contributed by atoms with Crippen LogP contribution < -0.4 is 11.1 Å². The van der Waals surface area contributed by atoms with Crippen molar-refractivity contribution in [2.45, 2.75) is 19.3 Å². The highest BCUT2D eigenvalue weighted by Crippen LogP contribution is 2.35. The van der Waals surface area contributed by atoms with Crippen LogP contribution in [0.15, 0.2) is 18.2 Å². The number of hydrogen-bond acceptors (Lipinski definition) is 4. The molecule has 0 fully saturated rings. The molecule has 0 atom stereocenters. The third-order valence-electron chi connectivity index (χ3n) is 3.03. The van der Waals surface area contributed by atoms with E-state index in [1.54, 1.807) is 12.1 Å². The molecule has 0 spiro atoms. The summed E-state index contributed by atoms with van der Waals surface area (Å²) < 4.78 is 14.4. The Kier molecular flexibility index (Phi) is 4.92. The van der Waals surface area contributed by atoms with Crippen LogP contribution in [0.1, 0.15) is 28.9 Å². The smallest absolute Gasteiger partial charge is 0.263 e. The van der Waals surface area contributed by atoms with E-state index >= 15 is 0 Å². The van der Waals surface area contributed by atoms with Gasteiger partial charge in [0.1, 0.15) is 10.7 Å². The number of nitrogens with one attached hydrogen (secondary N) is 1. The predicted octanol–water partition coefficient (Wildman–Crippen LogP) is 2.52. The molecule has 4 nitrogen and oxygen atoms in total. The molecule has 1 aromatic heterocycles. The number of anilines is 1. The number of aliphatic hydroxyl groups is 1. The van der Waals surface area contributed by atoms with Crippen molar-refractivity contribution in [3.8, 4) is 0 Å². The van der Waals surface area contributed by atoms with E-state index in [0.29, 0.717) is 21.5 Å². The highest BCUT2D eigenvalue weighted by Gasteiger charge is 2.18. The third-order valence-corrected chi connectivity index (χ3v) is 4.20. The van der Waals surface area contributed by atoms with Gasteiger partial charge in [0.05, 0.1) is 11.1 Å². The van der Waals surface area contributed by atoms with Gasteiger partial charge in [0.25, 0.3) is 5.91 Å². The molecule has 1 amide bonds. The maximum absolute atomic E-state index is 13.7. The number of aliphatic hydroxyl groups excluding tert-OH is 1. The Labute approximate surface area is 120 Å². The Bertz CT molecular complexity index is 612. The van der Waals surface area contributed by atoms with Gasteiger partial charge in [-0.2, -0.15) is 0 Å². The first-order valence-electron chi connectivity index (χ1n) is 6.50. The van der Waals surface area contributed by atoms with Crippen molar-refractivity contribution in [3.63, 3.8) is 0 Å². The van der Waals surface area contributed by atoms with Crippen LogP contribution in [0.4, 0.5) is 10.1 Å². The second kappa shape index (κ2) is 6.67. The van der Waals surface area contributed by atoms with Gasteiger partial charge < -0.3 is 16.2 Å². The van der Waals surface area contributed by atoms with Gasteiger partial charge in [-0.1, -0.05) is 6.07 Å². The number of rotatable bonds is 6. The van der Waals surface area contributed by atoms with Crippen LogP contribution >= 0.6 is 11.3 Å². The van der Waals surface area contributed by atoms with Gasteiger partial charge in [-0.15, -0.1) is 11.3 Å². The van der Waals surface area contributed by atoms with Crippen LogP contribution in [-0.4, -0.2) is 24.2 Å².